The van der Waals surface area contributed by atoms with E-state index in [0.29, 0.717) is 0 Å². The molecule has 0 aromatic carbocycles. The molecule has 0 aliphatic heterocycles. The molecule has 92 valence electrons. The zero-order valence-corrected chi connectivity index (χ0v) is 13.6. The van der Waals surface area contributed by atoms with Crippen molar-refractivity contribution in [1.29, 1.82) is 0 Å². The molecular formula is C11H13Br2N3S. The first-order valence-corrected chi connectivity index (χ1v) is 7.77. The zero-order chi connectivity index (χ0) is 12.4. The van der Waals surface area contributed by atoms with Gasteiger partial charge in [-0.25, -0.2) is 0 Å². The number of hydrogen-bond acceptors (Lipinski definition) is 3. The van der Waals surface area contributed by atoms with Crippen molar-refractivity contribution in [2.75, 3.05) is 7.05 Å². The molecule has 0 saturated heterocycles. The number of aryl methyl sites for hydroxylation is 1. The van der Waals surface area contributed by atoms with E-state index in [-0.39, 0.29) is 6.04 Å². The summed E-state index contributed by atoms with van der Waals surface area (Å²) < 4.78 is 4.19. The van der Waals surface area contributed by atoms with E-state index in [1.165, 1.54) is 4.88 Å². The minimum atomic E-state index is 0.154. The standard InChI is InChI=1S/C11H13Br2N3S/c1-3-16-10(8(13)6-15-16)9(14-2)11-7(12)4-5-17-11/h4-6,9,14H,3H2,1-2H3. The minimum Gasteiger partial charge on any atom is -0.307 e. The largest absolute Gasteiger partial charge is 0.307 e. The first kappa shape index (κ1) is 13.3. The molecule has 1 atom stereocenters. The average molecular weight is 379 g/mol. The molecule has 17 heavy (non-hydrogen) atoms. The molecule has 0 spiro atoms. The van der Waals surface area contributed by atoms with Gasteiger partial charge in [-0.3, -0.25) is 4.68 Å². The van der Waals surface area contributed by atoms with E-state index < -0.39 is 0 Å². The maximum absolute atomic E-state index is 4.36. The fourth-order valence-corrected chi connectivity index (χ4v) is 4.05. The quantitative estimate of drug-likeness (QED) is 0.876. The Labute approximate surface area is 121 Å². The molecule has 0 amide bonds. The molecule has 1 N–H and O–H groups in total. The Hall–Kier alpha value is -0.170. The Morgan fingerprint density at radius 3 is 2.76 bits per heavy atom. The normalized spacial score (nSPS) is 12.9. The van der Waals surface area contributed by atoms with E-state index in [0.717, 1.165) is 21.2 Å². The fraction of sp³-hybridized carbons (Fsp3) is 0.364. The van der Waals surface area contributed by atoms with Crippen LogP contribution < -0.4 is 5.32 Å². The topological polar surface area (TPSA) is 29.9 Å². The smallest absolute Gasteiger partial charge is 0.0862 e. The van der Waals surface area contributed by atoms with Crippen molar-refractivity contribution in [3.05, 3.63) is 37.2 Å². The van der Waals surface area contributed by atoms with Crippen molar-refractivity contribution in [1.82, 2.24) is 15.1 Å². The van der Waals surface area contributed by atoms with E-state index in [2.05, 4.69) is 60.6 Å². The van der Waals surface area contributed by atoms with Gasteiger partial charge in [0.1, 0.15) is 0 Å². The van der Waals surface area contributed by atoms with E-state index >= 15 is 0 Å². The van der Waals surface area contributed by atoms with E-state index in [1.54, 1.807) is 11.3 Å². The van der Waals surface area contributed by atoms with Crippen LogP contribution in [0.5, 0.6) is 0 Å². The lowest BCUT2D eigenvalue weighted by atomic mass is 10.1. The van der Waals surface area contributed by atoms with Crippen LogP contribution in [0.2, 0.25) is 0 Å². The summed E-state index contributed by atoms with van der Waals surface area (Å²) in [5.41, 5.74) is 1.16. The molecule has 2 aromatic rings. The molecular weight excluding hydrogens is 366 g/mol. The summed E-state index contributed by atoms with van der Waals surface area (Å²) in [5.74, 6) is 0. The molecule has 0 fully saturated rings. The summed E-state index contributed by atoms with van der Waals surface area (Å²) in [6.07, 6.45) is 1.85. The number of hydrogen-bond donors (Lipinski definition) is 1. The van der Waals surface area contributed by atoms with E-state index in [1.807, 2.05) is 17.9 Å². The second-order valence-corrected chi connectivity index (χ2v) is 6.20. The number of nitrogens with one attached hydrogen (secondary N) is 1. The van der Waals surface area contributed by atoms with Crippen molar-refractivity contribution < 1.29 is 0 Å². The number of nitrogens with zero attached hydrogens (tertiary/aromatic N) is 2. The summed E-state index contributed by atoms with van der Waals surface area (Å²) in [6.45, 7) is 2.96. The number of aromatic nitrogens is 2. The van der Waals surface area contributed by atoms with Crippen LogP contribution in [0.3, 0.4) is 0 Å². The number of rotatable bonds is 4. The monoisotopic (exact) mass is 377 g/mol. The van der Waals surface area contributed by atoms with Crippen LogP contribution in [0, 0.1) is 0 Å². The van der Waals surface area contributed by atoms with Gasteiger partial charge in [-0.15, -0.1) is 11.3 Å². The van der Waals surface area contributed by atoms with Gasteiger partial charge in [-0.2, -0.15) is 5.10 Å². The maximum Gasteiger partial charge on any atom is 0.0862 e. The Bertz CT molecular complexity index is 507. The first-order valence-electron chi connectivity index (χ1n) is 5.30. The third-order valence-electron chi connectivity index (χ3n) is 2.60. The summed E-state index contributed by atoms with van der Waals surface area (Å²) >= 11 is 8.90. The molecule has 0 saturated carbocycles. The molecule has 0 bridgehead atoms. The average Bonchev–Trinajstić information content (AvgIpc) is 2.89. The molecule has 1 unspecified atom stereocenters. The molecule has 0 aliphatic carbocycles. The SMILES string of the molecule is CCn1ncc(Br)c1C(NC)c1sccc1Br. The highest BCUT2D eigenvalue weighted by Gasteiger charge is 2.22. The summed E-state index contributed by atoms with van der Waals surface area (Å²) in [5, 5.41) is 9.80. The Balaban J connectivity index is 2.49. The highest BCUT2D eigenvalue weighted by atomic mass is 79.9. The van der Waals surface area contributed by atoms with Crippen molar-refractivity contribution in [2.45, 2.75) is 19.5 Å². The molecule has 3 nitrogen and oxygen atoms in total. The predicted molar refractivity (Wildman–Crippen MR) is 78.5 cm³/mol. The lowest BCUT2D eigenvalue weighted by Gasteiger charge is -2.17. The predicted octanol–water partition coefficient (Wildman–Crippen LogP) is 3.80. The summed E-state index contributed by atoms with van der Waals surface area (Å²) in [7, 11) is 1.97. The third kappa shape index (κ3) is 2.50. The van der Waals surface area contributed by atoms with Crippen LogP contribution in [-0.2, 0) is 6.54 Å². The van der Waals surface area contributed by atoms with Crippen molar-refractivity contribution in [3.63, 3.8) is 0 Å². The molecule has 2 rings (SSSR count). The third-order valence-corrected chi connectivity index (χ3v) is 5.15. The molecule has 2 aromatic heterocycles. The van der Waals surface area contributed by atoms with Gasteiger partial charge in [0, 0.05) is 15.9 Å². The van der Waals surface area contributed by atoms with Crippen LogP contribution >= 0.6 is 43.2 Å². The van der Waals surface area contributed by atoms with Crippen molar-refractivity contribution >= 4 is 43.2 Å². The number of thiophene rings is 1. The second kappa shape index (κ2) is 5.65. The van der Waals surface area contributed by atoms with E-state index in [4.69, 9.17) is 0 Å². The maximum atomic E-state index is 4.36. The Kier molecular flexibility index (Phi) is 4.41. The van der Waals surface area contributed by atoms with Gasteiger partial charge in [0.15, 0.2) is 0 Å². The van der Waals surface area contributed by atoms with Crippen molar-refractivity contribution in [2.24, 2.45) is 0 Å². The summed E-state index contributed by atoms with van der Waals surface area (Å²) in [4.78, 5) is 1.27. The second-order valence-electron chi connectivity index (χ2n) is 3.55. The zero-order valence-electron chi connectivity index (χ0n) is 9.58. The van der Waals surface area contributed by atoms with Crippen molar-refractivity contribution in [3.8, 4) is 0 Å². The van der Waals surface area contributed by atoms with Crippen LogP contribution in [0.1, 0.15) is 23.5 Å². The highest BCUT2D eigenvalue weighted by Crippen LogP contribution is 2.35. The highest BCUT2D eigenvalue weighted by molar-refractivity contribution is 9.10. The van der Waals surface area contributed by atoms with E-state index in [9.17, 15) is 0 Å². The molecule has 6 heteroatoms. The molecule has 0 radical (unpaired) electrons. The lowest BCUT2D eigenvalue weighted by molar-refractivity contribution is 0.565. The fourth-order valence-electron chi connectivity index (χ4n) is 1.81. The van der Waals surface area contributed by atoms with Gasteiger partial charge < -0.3 is 5.32 Å². The van der Waals surface area contributed by atoms with Gasteiger partial charge in [0.25, 0.3) is 0 Å². The van der Waals surface area contributed by atoms with Crippen LogP contribution in [0.15, 0.2) is 26.6 Å². The van der Waals surface area contributed by atoms with Crippen LogP contribution in [0.4, 0.5) is 0 Å². The Morgan fingerprint density at radius 1 is 1.47 bits per heavy atom. The van der Waals surface area contributed by atoms with Gasteiger partial charge in [0.05, 0.1) is 22.4 Å². The minimum absolute atomic E-state index is 0.154. The van der Waals surface area contributed by atoms with Gasteiger partial charge in [0.2, 0.25) is 0 Å². The van der Waals surface area contributed by atoms with Gasteiger partial charge in [-0.1, -0.05) is 0 Å². The molecule has 2 heterocycles. The van der Waals surface area contributed by atoms with Gasteiger partial charge >= 0.3 is 0 Å². The number of halogens is 2. The Morgan fingerprint density at radius 2 is 2.24 bits per heavy atom. The van der Waals surface area contributed by atoms with Crippen LogP contribution in [-0.4, -0.2) is 16.8 Å². The first-order chi connectivity index (χ1) is 8.19. The van der Waals surface area contributed by atoms with Gasteiger partial charge in [-0.05, 0) is 57.3 Å². The molecule has 0 aliphatic rings. The lowest BCUT2D eigenvalue weighted by Crippen LogP contribution is -2.21. The van der Waals surface area contributed by atoms with Crippen LogP contribution in [0.25, 0.3) is 0 Å². The summed E-state index contributed by atoms with van der Waals surface area (Å²) in [6, 6.07) is 2.23.